The number of rotatable bonds is 3. The molecule has 1 aliphatic heterocycles. The van der Waals surface area contributed by atoms with E-state index in [1.807, 2.05) is 6.20 Å². The summed E-state index contributed by atoms with van der Waals surface area (Å²) in [6, 6.07) is 8.78. The molecule has 21 heavy (non-hydrogen) atoms. The van der Waals surface area contributed by atoms with E-state index in [2.05, 4.69) is 57.0 Å². The van der Waals surface area contributed by atoms with Crippen molar-refractivity contribution in [3.8, 4) is 0 Å². The molecule has 0 bridgehead atoms. The first-order valence-corrected chi connectivity index (χ1v) is 8.53. The maximum atomic E-state index is 6.04. The van der Waals surface area contributed by atoms with Gasteiger partial charge in [-0.3, -0.25) is 0 Å². The lowest BCUT2D eigenvalue weighted by atomic mass is 9.88. The molecule has 2 N–H and O–H groups in total. The van der Waals surface area contributed by atoms with Gasteiger partial charge >= 0.3 is 0 Å². The zero-order valence-electron chi connectivity index (χ0n) is 12.4. The van der Waals surface area contributed by atoms with Crippen molar-refractivity contribution in [2.45, 2.75) is 32.2 Å². The van der Waals surface area contributed by atoms with Gasteiger partial charge in [-0.15, -0.1) is 0 Å². The number of hydrogen-bond donors (Lipinski definition) is 1. The Morgan fingerprint density at radius 3 is 2.95 bits per heavy atom. The van der Waals surface area contributed by atoms with Crippen LogP contribution < -0.4 is 10.6 Å². The number of nitrogens with two attached hydrogens (primary N) is 1. The van der Waals surface area contributed by atoms with E-state index in [0.29, 0.717) is 12.6 Å². The van der Waals surface area contributed by atoms with Crippen LogP contribution >= 0.6 is 15.9 Å². The fourth-order valence-corrected chi connectivity index (χ4v) is 3.89. The third-order valence-electron chi connectivity index (χ3n) is 4.68. The molecule has 1 aromatic carbocycles. The predicted molar refractivity (Wildman–Crippen MR) is 92.6 cm³/mol. The van der Waals surface area contributed by atoms with Crippen LogP contribution in [-0.2, 0) is 0 Å². The molecule has 0 spiro atoms. The second kappa shape index (κ2) is 6.32. The summed E-state index contributed by atoms with van der Waals surface area (Å²) in [5, 5.41) is 2.43. The van der Waals surface area contributed by atoms with Crippen molar-refractivity contribution in [1.82, 2.24) is 4.98 Å². The number of piperidine rings is 1. The Morgan fingerprint density at radius 1 is 1.33 bits per heavy atom. The minimum absolute atomic E-state index is 0.404. The van der Waals surface area contributed by atoms with Gasteiger partial charge in [0.15, 0.2) is 0 Å². The van der Waals surface area contributed by atoms with Gasteiger partial charge in [-0.1, -0.05) is 41.4 Å². The SMILES string of the molecule is CCC1CCN(c2nccc3c(Br)cccc23)C(CN)C1. The van der Waals surface area contributed by atoms with Crippen LogP contribution in [0.1, 0.15) is 26.2 Å². The molecule has 112 valence electrons. The summed E-state index contributed by atoms with van der Waals surface area (Å²) in [6.45, 7) is 4.03. The van der Waals surface area contributed by atoms with Crippen LogP contribution in [0.3, 0.4) is 0 Å². The first kappa shape index (κ1) is 14.8. The van der Waals surface area contributed by atoms with Crippen LogP contribution in [0.15, 0.2) is 34.9 Å². The van der Waals surface area contributed by atoms with E-state index in [1.54, 1.807) is 0 Å². The number of pyridine rings is 1. The van der Waals surface area contributed by atoms with Gasteiger partial charge in [0.1, 0.15) is 5.82 Å². The van der Waals surface area contributed by atoms with E-state index in [0.717, 1.165) is 22.8 Å². The molecule has 0 amide bonds. The lowest BCUT2D eigenvalue weighted by Gasteiger charge is -2.40. The minimum atomic E-state index is 0.404. The second-order valence-electron chi connectivity index (χ2n) is 5.85. The molecule has 1 aliphatic rings. The smallest absolute Gasteiger partial charge is 0.136 e. The highest BCUT2D eigenvalue weighted by Crippen LogP contribution is 2.34. The molecule has 0 aliphatic carbocycles. The van der Waals surface area contributed by atoms with Crippen LogP contribution in [0.25, 0.3) is 10.8 Å². The van der Waals surface area contributed by atoms with Crippen molar-refractivity contribution in [2.24, 2.45) is 11.7 Å². The van der Waals surface area contributed by atoms with Crippen molar-refractivity contribution in [2.75, 3.05) is 18.0 Å². The highest BCUT2D eigenvalue weighted by Gasteiger charge is 2.28. The maximum Gasteiger partial charge on any atom is 0.136 e. The third kappa shape index (κ3) is 2.79. The van der Waals surface area contributed by atoms with E-state index < -0.39 is 0 Å². The number of nitrogens with zero attached hydrogens (tertiary/aromatic N) is 2. The number of benzene rings is 1. The van der Waals surface area contributed by atoms with Gasteiger partial charge in [-0.05, 0) is 30.9 Å². The number of halogens is 1. The largest absolute Gasteiger partial charge is 0.352 e. The van der Waals surface area contributed by atoms with Gasteiger partial charge in [0.05, 0.1) is 0 Å². The molecular formula is C17H22BrN3. The molecule has 0 saturated carbocycles. The number of fused-ring (bicyclic) bond motifs is 1. The zero-order chi connectivity index (χ0) is 14.8. The van der Waals surface area contributed by atoms with Crippen LogP contribution in [0.2, 0.25) is 0 Å². The molecule has 2 heterocycles. The lowest BCUT2D eigenvalue weighted by molar-refractivity contribution is 0.335. The van der Waals surface area contributed by atoms with Crippen molar-refractivity contribution in [3.05, 3.63) is 34.9 Å². The predicted octanol–water partition coefficient (Wildman–Crippen LogP) is 3.95. The van der Waals surface area contributed by atoms with Crippen molar-refractivity contribution in [1.29, 1.82) is 0 Å². The van der Waals surface area contributed by atoms with E-state index >= 15 is 0 Å². The quantitative estimate of drug-likeness (QED) is 0.913. The average Bonchev–Trinajstić information content (AvgIpc) is 2.54. The Hall–Kier alpha value is -1.13. The summed E-state index contributed by atoms with van der Waals surface area (Å²) in [5.41, 5.74) is 6.04. The Balaban J connectivity index is 2.02. The van der Waals surface area contributed by atoms with Gasteiger partial charge in [0.25, 0.3) is 0 Å². The molecule has 1 saturated heterocycles. The monoisotopic (exact) mass is 347 g/mol. The van der Waals surface area contributed by atoms with Gasteiger partial charge in [0.2, 0.25) is 0 Å². The summed E-state index contributed by atoms with van der Waals surface area (Å²) in [4.78, 5) is 7.09. The van der Waals surface area contributed by atoms with Crippen molar-refractivity contribution in [3.63, 3.8) is 0 Å². The maximum absolute atomic E-state index is 6.04. The number of anilines is 1. The molecule has 2 atom stereocenters. The van der Waals surface area contributed by atoms with Gasteiger partial charge < -0.3 is 10.6 Å². The second-order valence-corrected chi connectivity index (χ2v) is 6.71. The summed E-state index contributed by atoms with van der Waals surface area (Å²) in [5.74, 6) is 1.88. The fraction of sp³-hybridized carbons (Fsp3) is 0.471. The van der Waals surface area contributed by atoms with E-state index in [1.165, 1.54) is 30.0 Å². The van der Waals surface area contributed by atoms with Crippen molar-refractivity contribution < 1.29 is 0 Å². The Labute approximate surface area is 134 Å². The Morgan fingerprint density at radius 2 is 2.19 bits per heavy atom. The summed E-state index contributed by atoms with van der Waals surface area (Å²) < 4.78 is 1.12. The molecule has 4 heteroatoms. The van der Waals surface area contributed by atoms with Crippen LogP contribution in [0.5, 0.6) is 0 Å². The van der Waals surface area contributed by atoms with Gasteiger partial charge in [-0.25, -0.2) is 4.98 Å². The molecule has 3 rings (SSSR count). The fourth-order valence-electron chi connectivity index (χ4n) is 3.39. The molecule has 3 nitrogen and oxygen atoms in total. The molecule has 1 fully saturated rings. The molecule has 0 radical (unpaired) electrons. The topological polar surface area (TPSA) is 42.2 Å². The lowest BCUT2D eigenvalue weighted by Crippen LogP contribution is -2.47. The summed E-state index contributed by atoms with van der Waals surface area (Å²) in [7, 11) is 0. The third-order valence-corrected chi connectivity index (χ3v) is 5.37. The Bertz CT molecular complexity index is 628. The standard InChI is InChI=1S/C17H22BrN3/c1-2-12-7-9-21(13(10-12)11-19)17-15-4-3-5-16(18)14(15)6-8-20-17/h3-6,8,12-13H,2,7,9-11,19H2,1H3. The van der Waals surface area contributed by atoms with E-state index in [9.17, 15) is 0 Å². The summed E-state index contributed by atoms with van der Waals surface area (Å²) >= 11 is 3.64. The first-order chi connectivity index (χ1) is 10.2. The number of aromatic nitrogens is 1. The minimum Gasteiger partial charge on any atom is -0.352 e. The van der Waals surface area contributed by atoms with Crippen LogP contribution in [0.4, 0.5) is 5.82 Å². The summed E-state index contributed by atoms with van der Waals surface area (Å²) in [6.07, 6.45) is 5.57. The Kier molecular flexibility index (Phi) is 4.45. The molecule has 1 aromatic heterocycles. The zero-order valence-corrected chi connectivity index (χ0v) is 14.0. The molecular weight excluding hydrogens is 326 g/mol. The highest BCUT2D eigenvalue weighted by atomic mass is 79.9. The van der Waals surface area contributed by atoms with Gasteiger partial charge in [-0.2, -0.15) is 0 Å². The van der Waals surface area contributed by atoms with Crippen molar-refractivity contribution >= 4 is 32.5 Å². The van der Waals surface area contributed by atoms with Crippen LogP contribution in [0, 0.1) is 5.92 Å². The van der Waals surface area contributed by atoms with Crippen LogP contribution in [-0.4, -0.2) is 24.1 Å². The average molecular weight is 348 g/mol. The molecule has 2 aromatic rings. The highest BCUT2D eigenvalue weighted by molar-refractivity contribution is 9.10. The number of hydrogen-bond acceptors (Lipinski definition) is 3. The normalized spacial score (nSPS) is 22.7. The van der Waals surface area contributed by atoms with E-state index in [4.69, 9.17) is 5.73 Å². The molecule has 2 unspecified atom stereocenters. The van der Waals surface area contributed by atoms with Gasteiger partial charge in [0, 0.05) is 40.6 Å². The first-order valence-electron chi connectivity index (χ1n) is 7.74. The van der Waals surface area contributed by atoms with E-state index in [-0.39, 0.29) is 0 Å².